The molecular weight excluding hydrogens is 423 g/mol. The van der Waals surface area contributed by atoms with Gasteiger partial charge >= 0.3 is 12.1 Å². The van der Waals surface area contributed by atoms with Gasteiger partial charge < -0.3 is 14.9 Å². The molecule has 0 aliphatic carbocycles. The highest BCUT2D eigenvalue weighted by molar-refractivity contribution is 5.88. The lowest BCUT2D eigenvalue weighted by Gasteiger charge is -2.37. The summed E-state index contributed by atoms with van der Waals surface area (Å²) < 4.78 is 38.3. The monoisotopic (exact) mass is 443 g/mol. The minimum Gasteiger partial charge on any atom is -0.478 e. The largest absolute Gasteiger partial charge is 0.478 e. The van der Waals surface area contributed by atoms with Crippen LogP contribution in [0.25, 0.3) is 11.4 Å². The van der Waals surface area contributed by atoms with E-state index in [4.69, 9.17) is 5.11 Å². The molecule has 32 heavy (non-hydrogen) atoms. The first kappa shape index (κ1) is 21.5. The molecule has 7 nitrogen and oxygen atoms in total. The van der Waals surface area contributed by atoms with E-state index in [1.54, 1.807) is 24.3 Å². The fraction of sp³-hybridized carbons (Fsp3) is 0.273. The third-order valence-corrected chi connectivity index (χ3v) is 5.24. The summed E-state index contributed by atoms with van der Waals surface area (Å²) in [5.41, 5.74) is 1.36. The number of aromatic nitrogens is 3. The Hall–Kier alpha value is -3.69. The average molecular weight is 443 g/mol. The Bertz CT molecular complexity index is 1110. The van der Waals surface area contributed by atoms with Crippen LogP contribution in [-0.2, 0) is 6.18 Å². The van der Waals surface area contributed by atoms with Crippen LogP contribution < -0.4 is 9.80 Å². The molecule has 1 aliphatic rings. The number of hydrogen-bond donors (Lipinski definition) is 1. The SMILES string of the molecule is Cc1cc(N2CCN(c3ccc(C(=O)O)cc3)CC2)nc(-c2ccc(C(F)(F)F)nc2)n1. The van der Waals surface area contributed by atoms with Gasteiger partial charge in [0, 0.05) is 55.4 Å². The third-order valence-electron chi connectivity index (χ3n) is 5.24. The van der Waals surface area contributed by atoms with Crippen LogP contribution >= 0.6 is 0 Å². The Kier molecular flexibility index (Phi) is 5.68. The minimum atomic E-state index is -4.50. The topological polar surface area (TPSA) is 82.5 Å². The van der Waals surface area contributed by atoms with Gasteiger partial charge in [-0.1, -0.05) is 0 Å². The number of carbonyl (C=O) groups is 1. The quantitative estimate of drug-likeness (QED) is 0.655. The maximum Gasteiger partial charge on any atom is 0.433 e. The Labute approximate surface area is 182 Å². The highest BCUT2D eigenvalue weighted by Crippen LogP contribution is 2.29. The number of aryl methyl sites for hydroxylation is 1. The number of carboxylic acids is 1. The zero-order chi connectivity index (χ0) is 22.9. The number of aromatic carboxylic acids is 1. The summed E-state index contributed by atoms with van der Waals surface area (Å²) in [7, 11) is 0. The first-order chi connectivity index (χ1) is 15.2. The fourth-order valence-corrected chi connectivity index (χ4v) is 3.55. The number of alkyl halides is 3. The zero-order valence-electron chi connectivity index (χ0n) is 17.2. The third kappa shape index (κ3) is 4.63. The molecule has 0 radical (unpaired) electrons. The molecular formula is C22H20F3N5O2. The molecule has 2 aromatic heterocycles. The number of nitrogens with zero attached hydrogens (tertiary/aromatic N) is 5. The van der Waals surface area contributed by atoms with Crippen LogP contribution in [0.3, 0.4) is 0 Å². The van der Waals surface area contributed by atoms with Gasteiger partial charge in [0.2, 0.25) is 0 Å². The number of pyridine rings is 1. The van der Waals surface area contributed by atoms with Crippen LogP contribution in [0.2, 0.25) is 0 Å². The molecule has 0 bridgehead atoms. The van der Waals surface area contributed by atoms with Crippen molar-refractivity contribution in [1.82, 2.24) is 15.0 Å². The van der Waals surface area contributed by atoms with E-state index < -0.39 is 17.8 Å². The molecule has 0 spiro atoms. The Morgan fingerprint density at radius 3 is 2.19 bits per heavy atom. The van der Waals surface area contributed by atoms with Crippen molar-refractivity contribution in [2.75, 3.05) is 36.0 Å². The fourth-order valence-electron chi connectivity index (χ4n) is 3.55. The second-order valence-electron chi connectivity index (χ2n) is 7.45. The Morgan fingerprint density at radius 2 is 1.62 bits per heavy atom. The molecule has 0 unspecified atom stereocenters. The molecule has 1 fully saturated rings. The first-order valence-corrected chi connectivity index (χ1v) is 9.93. The smallest absolute Gasteiger partial charge is 0.433 e. The molecule has 1 saturated heterocycles. The number of anilines is 2. The van der Waals surface area contributed by atoms with E-state index in [2.05, 4.69) is 24.8 Å². The van der Waals surface area contributed by atoms with Gasteiger partial charge in [0.1, 0.15) is 11.5 Å². The van der Waals surface area contributed by atoms with Gasteiger partial charge in [-0.2, -0.15) is 13.2 Å². The molecule has 3 heterocycles. The maximum atomic E-state index is 12.8. The normalized spacial score (nSPS) is 14.5. The van der Waals surface area contributed by atoms with Crippen LogP contribution in [0.4, 0.5) is 24.7 Å². The van der Waals surface area contributed by atoms with E-state index in [1.807, 2.05) is 13.0 Å². The summed E-state index contributed by atoms with van der Waals surface area (Å²) in [6, 6.07) is 10.9. The molecule has 3 aromatic rings. The molecule has 166 valence electrons. The Morgan fingerprint density at radius 1 is 0.969 bits per heavy atom. The summed E-state index contributed by atoms with van der Waals surface area (Å²) in [5, 5.41) is 9.04. The predicted molar refractivity (Wildman–Crippen MR) is 113 cm³/mol. The summed E-state index contributed by atoms with van der Waals surface area (Å²) >= 11 is 0. The van der Waals surface area contributed by atoms with Crippen molar-refractivity contribution in [1.29, 1.82) is 0 Å². The van der Waals surface area contributed by atoms with Gasteiger partial charge in [-0.15, -0.1) is 0 Å². The van der Waals surface area contributed by atoms with E-state index >= 15 is 0 Å². The van der Waals surface area contributed by atoms with Crippen molar-refractivity contribution in [2.24, 2.45) is 0 Å². The predicted octanol–water partition coefficient (Wildman–Crippen LogP) is 3.89. The highest BCUT2D eigenvalue weighted by Gasteiger charge is 2.32. The van der Waals surface area contributed by atoms with Crippen molar-refractivity contribution >= 4 is 17.5 Å². The van der Waals surface area contributed by atoms with Crippen molar-refractivity contribution in [3.05, 3.63) is 65.6 Å². The molecule has 0 saturated carbocycles. The number of halogens is 3. The molecule has 0 amide bonds. The first-order valence-electron chi connectivity index (χ1n) is 9.93. The molecule has 1 aliphatic heterocycles. The maximum absolute atomic E-state index is 12.8. The van der Waals surface area contributed by atoms with Crippen LogP contribution in [-0.4, -0.2) is 52.2 Å². The molecule has 1 aromatic carbocycles. The van der Waals surface area contributed by atoms with Crippen LogP contribution in [0.15, 0.2) is 48.7 Å². The van der Waals surface area contributed by atoms with Crippen LogP contribution in [0, 0.1) is 6.92 Å². The minimum absolute atomic E-state index is 0.245. The van der Waals surface area contributed by atoms with Crippen molar-refractivity contribution in [3.8, 4) is 11.4 Å². The number of piperazine rings is 1. The number of carboxylic acid groups (broad SMARTS) is 1. The van der Waals surface area contributed by atoms with Crippen molar-refractivity contribution in [2.45, 2.75) is 13.1 Å². The molecule has 10 heteroatoms. The summed E-state index contributed by atoms with van der Waals surface area (Å²) in [6.45, 7) is 4.61. The number of benzene rings is 1. The van der Waals surface area contributed by atoms with E-state index in [1.165, 1.54) is 6.07 Å². The van der Waals surface area contributed by atoms with Crippen LogP contribution in [0.1, 0.15) is 21.7 Å². The van der Waals surface area contributed by atoms with Crippen molar-refractivity contribution < 1.29 is 23.1 Å². The second kappa shape index (κ2) is 8.45. The average Bonchev–Trinajstić information content (AvgIpc) is 2.78. The van der Waals surface area contributed by atoms with Gasteiger partial charge in [-0.3, -0.25) is 4.98 Å². The lowest BCUT2D eigenvalue weighted by molar-refractivity contribution is -0.141. The zero-order valence-corrected chi connectivity index (χ0v) is 17.2. The number of hydrogen-bond acceptors (Lipinski definition) is 6. The van der Waals surface area contributed by atoms with E-state index in [-0.39, 0.29) is 5.56 Å². The molecule has 4 rings (SSSR count). The Balaban J connectivity index is 1.48. The molecule has 1 N–H and O–H groups in total. The van der Waals surface area contributed by atoms with Crippen LogP contribution in [0.5, 0.6) is 0 Å². The lowest BCUT2D eigenvalue weighted by atomic mass is 10.2. The van der Waals surface area contributed by atoms with E-state index in [9.17, 15) is 18.0 Å². The summed E-state index contributed by atoms with van der Waals surface area (Å²) in [5.74, 6) is 0.0701. The van der Waals surface area contributed by atoms with Gasteiger partial charge in [0.25, 0.3) is 0 Å². The van der Waals surface area contributed by atoms with E-state index in [0.29, 0.717) is 49.1 Å². The van der Waals surface area contributed by atoms with Gasteiger partial charge in [-0.05, 0) is 43.3 Å². The molecule has 0 atom stereocenters. The second-order valence-corrected chi connectivity index (χ2v) is 7.45. The van der Waals surface area contributed by atoms with Crippen molar-refractivity contribution in [3.63, 3.8) is 0 Å². The van der Waals surface area contributed by atoms with Gasteiger partial charge in [0.05, 0.1) is 5.56 Å². The van der Waals surface area contributed by atoms with Gasteiger partial charge in [0.15, 0.2) is 5.82 Å². The van der Waals surface area contributed by atoms with E-state index in [0.717, 1.165) is 18.0 Å². The lowest BCUT2D eigenvalue weighted by Crippen LogP contribution is -2.46. The standard InChI is InChI=1S/C22H20F3N5O2/c1-14-12-19(28-20(27-14)16-4-7-18(26-13-16)22(23,24)25)30-10-8-29(9-11-30)17-5-2-15(3-6-17)21(31)32/h2-7,12-13H,8-11H2,1H3,(H,31,32). The van der Waals surface area contributed by atoms with Gasteiger partial charge in [-0.25, -0.2) is 14.8 Å². The summed E-state index contributed by atoms with van der Waals surface area (Å²) in [6.07, 6.45) is -3.36. The summed E-state index contributed by atoms with van der Waals surface area (Å²) in [4.78, 5) is 27.7. The highest BCUT2D eigenvalue weighted by atomic mass is 19.4. The number of rotatable bonds is 4.